The van der Waals surface area contributed by atoms with Crippen molar-refractivity contribution in [2.45, 2.75) is 46.7 Å². The molecule has 0 fully saturated rings. The number of carbonyl (C=O) groups is 5. The molecular formula is C28H30F2N2O11. The van der Waals surface area contributed by atoms with Gasteiger partial charge in [-0.15, -0.1) is 0 Å². The normalized spacial score (nSPS) is 15.0. The second-order valence-electron chi connectivity index (χ2n) is 9.08. The summed E-state index contributed by atoms with van der Waals surface area (Å²) >= 11 is 0. The molecule has 2 atom stereocenters. The predicted molar refractivity (Wildman–Crippen MR) is 144 cm³/mol. The fourth-order valence-corrected chi connectivity index (χ4v) is 4.17. The van der Waals surface area contributed by atoms with Gasteiger partial charge in [-0.2, -0.15) is 0 Å². The molecule has 2 aromatic rings. The van der Waals surface area contributed by atoms with Crippen LogP contribution in [0.3, 0.4) is 0 Å². The molecule has 0 spiro atoms. The summed E-state index contributed by atoms with van der Waals surface area (Å²) in [4.78, 5) is 61.0. The van der Waals surface area contributed by atoms with Crippen LogP contribution in [-0.4, -0.2) is 73.3 Å². The van der Waals surface area contributed by atoms with E-state index in [1.54, 1.807) is 13.8 Å². The van der Waals surface area contributed by atoms with Crippen LogP contribution < -0.4 is 24.0 Å². The molecule has 13 nitrogen and oxygen atoms in total. The number of phenols is 1. The SMILES string of the molecule is CCOC(=O)C(C)N1C(=O)COc2cc(F)c(O)cc21.CCOC(=O)C(C)N1C(=O)COc2cc(F)c(OC(C)=O)cc21. The maximum atomic E-state index is 13.9. The van der Waals surface area contributed by atoms with Crippen molar-refractivity contribution < 1.29 is 61.5 Å². The first-order chi connectivity index (χ1) is 20.3. The Morgan fingerprint density at radius 1 is 0.837 bits per heavy atom. The van der Waals surface area contributed by atoms with Gasteiger partial charge < -0.3 is 28.8 Å². The van der Waals surface area contributed by atoms with E-state index < -0.39 is 59.2 Å². The molecule has 0 aliphatic carbocycles. The van der Waals surface area contributed by atoms with Gasteiger partial charge in [-0.05, 0) is 27.7 Å². The van der Waals surface area contributed by atoms with Crippen LogP contribution >= 0.6 is 0 Å². The third-order valence-corrected chi connectivity index (χ3v) is 6.08. The minimum atomic E-state index is -0.930. The molecule has 0 saturated carbocycles. The summed E-state index contributed by atoms with van der Waals surface area (Å²) in [7, 11) is 0. The molecule has 2 aliphatic heterocycles. The number of esters is 3. The molecule has 1 N–H and O–H groups in total. The molecule has 43 heavy (non-hydrogen) atoms. The van der Waals surface area contributed by atoms with Gasteiger partial charge in [-0.3, -0.25) is 24.2 Å². The number of ether oxygens (including phenoxy) is 5. The number of nitrogens with zero attached hydrogens (tertiary/aromatic N) is 2. The van der Waals surface area contributed by atoms with Crippen LogP contribution in [0.25, 0.3) is 0 Å². The molecule has 2 amide bonds. The van der Waals surface area contributed by atoms with Gasteiger partial charge in [0.2, 0.25) is 0 Å². The van der Waals surface area contributed by atoms with E-state index in [0.29, 0.717) is 0 Å². The molecule has 4 rings (SSSR count). The Hall–Kier alpha value is -4.95. The van der Waals surface area contributed by atoms with Gasteiger partial charge in [0.25, 0.3) is 11.8 Å². The Bertz CT molecular complexity index is 1430. The number of hydrogen-bond donors (Lipinski definition) is 1. The Kier molecular flexibility index (Phi) is 10.5. The average molecular weight is 609 g/mol. The number of phenolic OH excluding ortho intramolecular Hbond substituents is 1. The van der Waals surface area contributed by atoms with Crippen LogP contribution in [0.2, 0.25) is 0 Å². The van der Waals surface area contributed by atoms with E-state index in [9.17, 15) is 37.9 Å². The second-order valence-corrected chi connectivity index (χ2v) is 9.08. The quantitative estimate of drug-likeness (QED) is 0.364. The molecule has 0 bridgehead atoms. The molecule has 2 aliphatic rings. The number of amides is 2. The highest BCUT2D eigenvalue weighted by molar-refractivity contribution is 6.04. The smallest absolute Gasteiger partial charge is 0.328 e. The summed E-state index contributed by atoms with van der Waals surface area (Å²) in [5.74, 6) is -5.33. The lowest BCUT2D eigenvalue weighted by Crippen LogP contribution is -2.48. The third-order valence-electron chi connectivity index (χ3n) is 6.08. The molecule has 0 radical (unpaired) electrons. The highest BCUT2D eigenvalue weighted by atomic mass is 19.1. The van der Waals surface area contributed by atoms with Crippen molar-refractivity contribution in [3.63, 3.8) is 0 Å². The second kappa shape index (κ2) is 13.8. The van der Waals surface area contributed by atoms with Crippen molar-refractivity contribution in [2.75, 3.05) is 36.2 Å². The Balaban J connectivity index is 0.000000238. The first kappa shape index (κ1) is 32.6. The first-order valence-corrected chi connectivity index (χ1v) is 13.1. The lowest BCUT2D eigenvalue weighted by atomic mass is 10.1. The van der Waals surface area contributed by atoms with Gasteiger partial charge in [0.1, 0.15) is 23.6 Å². The van der Waals surface area contributed by atoms with Gasteiger partial charge >= 0.3 is 17.9 Å². The minimum Gasteiger partial charge on any atom is -0.505 e. The van der Waals surface area contributed by atoms with Crippen LogP contribution in [0, 0.1) is 11.6 Å². The van der Waals surface area contributed by atoms with E-state index in [1.807, 2.05) is 0 Å². The Morgan fingerprint density at radius 3 is 1.72 bits per heavy atom. The fourth-order valence-electron chi connectivity index (χ4n) is 4.17. The highest BCUT2D eigenvalue weighted by Crippen LogP contribution is 2.39. The summed E-state index contributed by atoms with van der Waals surface area (Å²) in [6.45, 7) is 7.11. The van der Waals surface area contributed by atoms with Gasteiger partial charge in [0, 0.05) is 31.2 Å². The van der Waals surface area contributed by atoms with Gasteiger partial charge in [-0.1, -0.05) is 0 Å². The Labute approximate surface area is 244 Å². The number of aromatic hydroxyl groups is 1. The monoisotopic (exact) mass is 608 g/mol. The molecule has 2 unspecified atom stereocenters. The van der Waals surface area contributed by atoms with E-state index in [-0.39, 0.29) is 55.1 Å². The maximum absolute atomic E-state index is 13.9. The summed E-state index contributed by atoms with van der Waals surface area (Å²) in [6, 6.07) is 2.36. The van der Waals surface area contributed by atoms with Crippen molar-refractivity contribution in [3.05, 3.63) is 35.9 Å². The minimum absolute atomic E-state index is 0.0779. The number of fused-ring (bicyclic) bond motifs is 2. The summed E-state index contributed by atoms with van der Waals surface area (Å²) < 4.78 is 52.0. The fraction of sp³-hybridized carbons (Fsp3) is 0.393. The third kappa shape index (κ3) is 7.28. The van der Waals surface area contributed by atoms with Crippen molar-refractivity contribution in [3.8, 4) is 23.0 Å². The van der Waals surface area contributed by atoms with Crippen LogP contribution in [0.5, 0.6) is 23.0 Å². The zero-order valence-electron chi connectivity index (χ0n) is 24.0. The number of benzene rings is 2. The van der Waals surface area contributed by atoms with E-state index in [0.717, 1.165) is 41.0 Å². The van der Waals surface area contributed by atoms with Crippen molar-refractivity contribution >= 4 is 41.1 Å². The van der Waals surface area contributed by atoms with Crippen molar-refractivity contribution in [2.24, 2.45) is 0 Å². The first-order valence-electron chi connectivity index (χ1n) is 13.1. The number of anilines is 2. The number of hydrogen-bond acceptors (Lipinski definition) is 11. The highest BCUT2D eigenvalue weighted by Gasteiger charge is 2.36. The summed E-state index contributed by atoms with van der Waals surface area (Å²) in [6.07, 6.45) is 0. The lowest BCUT2D eigenvalue weighted by molar-refractivity contribution is -0.146. The molecule has 232 valence electrons. The maximum Gasteiger partial charge on any atom is 0.328 e. The van der Waals surface area contributed by atoms with Crippen LogP contribution in [-0.2, 0) is 33.4 Å². The zero-order valence-corrected chi connectivity index (χ0v) is 24.0. The van der Waals surface area contributed by atoms with Crippen LogP contribution in [0.1, 0.15) is 34.6 Å². The van der Waals surface area contributed by atoms with E-state index in [2.05, 4.69) is 0 Å². The van der Waals surface area contributed by atoms with Crippen molar-refractivity contribution in [1.82, 2.24) is 0 Å². The molecule has 2 aromatic carbocycles. The summed E-state index contributed by atoms with van der Waals surface area (Å²) in [5.41, 5.74) is 0.278. The largest absolute Gasteiger partial charge is 0.505 e. The van der Waals surface area contributed by atoms with Gasteiger partial charge in [0.15, 0.2) is 36.3 Å². The Morgan fingerprint density at radius 2 is 1.28 bits per heavy atom. The van der Waals surface area contributed by atoms with E-state index in [4.69, 9.17) is 23.7 Å². The zero-order chi connectivity index (χ0) is 32.0. The summed E-state index contributed by atoms with van der Waals surface area (Å²) in [5, 5.41) is 9.42. The number of carbonyl (C=O) groups excluding carboxylic acids is 5. The molecule has 2 heterocycles. The topological polar surface area (TPSA) is 158 Å². The standard InChI is InChI=1S/C15H16FNO6.C13H14FNO5/c1-4-21-15(20)8(2)17-11-6-12(23-9(3)18)10(16)5-13(11)22-7-14(17)19;1-3-19-13(18)7(2)15-9-5-10(16)8(14)4-11(9)20-6-12(15)17/h5-6,8H,4,7H2,1-3H3;4-5,7,16H,3,6H2,1-2H3. The number of halogens is 2. The lowest BCUT2D eigenvalue weighted by Gasteiger charge is -2.33. The van der Waals surface area contributed by atoms with Crippen LogP contribution in [0.15, 0.2) is 24.3 Å². The van der Waals surface area contributed by atoms with E-state index >= 15 is 0 Å². The molecule has 0 saturated heterocycles. The molecule has 15 heteroatoms. The van der Waals surface area contributed by atoms with Crippen LogP contribution in [0.4, 0.5) is 20.2 Å². The average Bonchev–Trinajstić information content (AvgIpc) is 2.94. The van der Waals surface area contributed by atoms with Gasteiger partial charge in [-0.25, -0.2) is 18.4 Å². The van der Waals surface area contributed by atoms with Gasteiger partial charge in [0.05, 0.1) is 24.6 Å². The predicted octanol–water partition coefficient (Wildman–Crippen LogP) is 2.64. The molecule has 0 aromatic heterocycles. The number of rotatable bonds is 7. The van der Waals surface area contributed by atoms with Crippen molar-refractivity contribution in [1.29, 1.82) is 0 Å². The van der Waals surface area contributed by atoms with E-state index in [1.165, 1.54) is 13.8 Å². The molecular weight excluding hydrogens is 578 g/mol.